The molecule has 2 amide bonds. The molecule has 0 saturated heterocycles. The summed E-state index contributed by atoms with van der Waals surface area (Å²) in [6, 6.07) is 8.69. The van der Waals surface area contributed by atoms with Gasteiger partial charge < -0.3 is 10.6 Å². The summed E-state index contributed by atoms with van der Waals surface area (Å²) < 4.78 is 0. The second-order valence-corrected chi connectivity index (χ2v) is 3.48. The zero-order valence-electron chi connectivity index (χ0n) is 9.53. The molecule has 1 aromatic carbocycles. The van der Waals surface area contributed by atoms with E-state index in [9.17, 15) is 14.4 Å². The van der Waals surface area contributed by atoms with Crippen molar-refractivity contribution < 1.29 is 14.4 Å². The van der Waals surface area contributed by atoms with E-state index in [1.165, 1.54) is 6.92 Å². The molecule has 1 rings (SSSR count). The van der Waals surface area contributed by atoms with Crippen LogP contribution in [0.2, 0.25) is 0 Å². The zero-order chi connectivity index (χ0) is 12.7. The molecule has 0 aliphatic rings. The molecule has 0 saturated carbocycles. The molecule has 1 aromatic rings. The van der Waals surface area contributed by atoms with Gasteiger partial charge in [-0.25, -0.2) is 0 Å². The summed E-state index contributed by atoms with van der Waals surface area (Å²) in [5, 5.41) is 4.78. The van der Waals surface area contributed by atoms with Crippen LogP contribution in [0.15, 0.2) is 30.3 Å². The maximum atomic E-state index is 11.6. The van der Waals surface area contributed by atoms with Crippen LogP contribution in [-0.4, -0.2) is 30.7 Å². The van der Waals surface area contributed by atoms with Crippen LogP contribution in [-0.2, 0) is 9.59 Å². The second kappa shape index (κ2) is 6.42. The highest BCUT2D eigenvalue weighted by atomic mass is 16.2. The Labute approximate surface area is 99.2 Å². The third-order valence-corrected chi connectivity index (χ3v) is 2.04. The van der Waals surface area contributed by atoms with Crippen molar-refractivity contribution in [2.45, 2.75) is 6.92 Å². The number of hydrogen-bond donors (Lipinski definition) is 2. The minimum Gasteiger partial charge on any atom is -0.347 e. The van der Waals surface area contributed by atoms with Crippen LogP contribution in [0, 0.1) is 0 Å². The van der Waals surface area contributed by atoms with Crippen molar-refractivity contribution in [2.75, 3.05) is 13.1 Å². The van der Waals surface area contributed by atoms with E-state index in [1.54, 1.807) is 24.3 Å². The first kappa shape index (κ1) is 12.9. The molecule has 0 aromatic heterocycles. The van der Waals surface area contributed by atoms with Gasteiger partial charge in [0.15, 0.2) is 5.78 Å². The third-order valence-electron chi connectivity index (χ3n) is 2.04. The Kier molecular flexibility index (Phi) is 4.87. The first-order valence-corrected chi connectivity index (χ1v) is 5.19. The summed E-state index contributed by atoms with van der Waals surface area (Å²) in [6.45, 7) is 1.14. The van der Waals surface area contributed by atoms with E-state index >= 15 is 0 Å². The number of benzene rings is 1. The van der Waals surface area contributed by atoms with Crippen molar-refractivity contribution in [1.82, 2.24) is 10.6 Å². The van der Waals surface area contributed by atoms with Crippen molar-refractivity contribution in [2.24, 2.45) is 0 Å². The van der Waals surface area contributed by atoms with Gasteiger partial charge in [0.25, 0.3) is 0 Å². The van der Waals surface area contributed by atoms with Gasteiger partial charge in [0, 0.05) is 12.5 Å². The number of hydrogen-bond acceptors (Lipinski definition) is 3. The van der Waals surface area contributed by atoms with Crippen LogP contribution >= 0.6 is 0 Å². The number of nitrogens with one attached hydrogen (secondary N) is 2. The average molecular weight is 234 g/mol. The third kappa shape index (κ3) is 4.92. The number of carbonyl (C=O) groups excluding carboxylic acids is 3. The van der Waals surface area contributed by atoms with Crippen molar-refractivity contribution in [3.8, 4) is 0 Å². The number of amides is 2. The van der Waals surface area contributed by atoms with Gasteiger partial charge >= 0.3 is 0 Å². The summed E-state index contributed by atoms with van der Waals surface area (Å²) >= 11 is 0. The highest BCUT2D eigenvalue weighted by molar-refractivity contribution is 5.99. The quantitative estimate of drug-likeness (QED) is 0.711. The summed E-state index contributed by atoms with van der Waals surface area (Å²) in [5.74, 6) is -0.833. The van der Waals surface area contributed by atoms with Gasteiger partial charge in [-0.1, -0.05) is 30.3 Å². The van der Waals surface area contributed by atoms with Gasteiger partial charge in [-0.2, -0.15) is 0 Å². The summed E-state index contributed by atoms with van der Waals surface area (Å²) in [7, 11) is 0. The number of Topliss-reactive ketones (excluding diaryl/α,β-unsaturated/α-hetero) is 1. The van der Waals surface area contributed by atoms with Crippen LogP contribution in [0.25, 0.3) is 0 Å². The van der Waals surface area contributed by atoms with Crippen molar-refractivity contribution >= 4 is 17.6 Å². The summed E-state index contributed by atoms with van der Waals surface area (Å²) in [6.07, 6.45) is 0. The Balaban J connectivity index is 2.34. The molecular formula is C12H14N2O3. The number of rotatable bonds is 5. The predicted octanol–water partition coefficient (Wildman–Crippen LogP) is 0.122. The topological polar surface area (TPSA) is 75.3 Å². The van der Waals surface area contributed by atoms with Crippen molar-refractivity contribution in [1.29, 1.82) is 0 Å². The normalized spacial score (nSPS) is 9.47. The smallest absolute Gasteiger partial charge is 0.239 e. The molecule has 0 fully saturated rings. The first-order valence-electron chi connectivity index (χ1n) is 5.19. The molecule has 0 bridgehead atoms. The van der Waals surface area contributed by atoms with E-state index in [4.69, 9.17) is 0 Å². The number of ketones is 1. The predicted molar refractivity (Wildman–Crippen MR) is 62.5 cm³/mol. The van der Waals surface area contributed by atoms with E-state index < -0.39 is 0 Å². The van der Waals surface area contributed by atoms with Crippen molar-refractivity contribution in [3.63, 3.8) is 0 Å². The fourth-order valence-electron chi connectivity index (χ4n) is 1.17. The fraction of sp³-hybridized carbons (Fsp3) is 0.250. The largest absolute Gasteiger partial charge is 0.347 e. The molecule has 0 radical (unpaired) electrons. The Morgan fingerprint density at radius 1 is 1.00 bits per heavy atom. The van der Waals surface area contributed by atoms with Crippen LogP contribution in [0.4, 0.5) is 0 Å². The minimum atomic E-state index is -0.385. The SMILES string of the molecule is CC(=O)NCC(=O)NCC(=O)c1ccccc1. The molecule has 0 heterocycles. The van der Waals surface area contributed by atoms with Gasteiger partial charge in [-0.05, 0) is 0 Å². The molecule has 0 atom stereocenters. The van der Waals surface area contributed by atoms with Crippen LogP contribution in [0.1, 0.15) is 17.3 Å². The maximum Gasteiger partial charge on any atom is 0.239 e. The van der Waals surface area contributed by atoms with Gasteiger partial charge in [0.1, 0.15) is 0 Å². The minimum absolute atomic E-state index is 0.0670. The lowest BCUT2D eigenvalue weighted by molar-refractivity contribution is -0.124. The molecule has 0 aliphatic heterocycles. The second-order valence-electron chi connectivity index (χ2n) is 3.48. The van der Waals surface area contributed by atoms with Gasteiger partial charge in [0.05, 0.1) is 13.1 Å². The van der Waals surface area contributed by atoms with E-state index in [0.717, 1.165) is 0 Å². The van der Waals surface area contributed by atoms with E-state index in [-0.39, 0.29) is 30.7 Å². The van der Waals surface area contributed by atoms with Crippen LogP contribution in [0.3, 0.4) is 0 Å². The molecule has 2 N–H and O–H groups in total. The van der Waals surface area contributed by atoms with Gasteiger partial charge in [0.2, 0.25) is 11.8 Å². The highest BCUT2D eigenvalue weighted by Crippen LogP contribution is 1.98. The molecule has 0 unspecified atom stereocenters. The summed E-state index contributed by atoms with van der Waals surface area (Å²) in [4.78, 5) is 33.3. The average Bonchev–Trinajstić information content (AvgIpc) is 2.34. The maximum absolute atomic E-state index is 11.6. The molecule has 17 heavy (non-hydrogen) atoms. The van der Waals surface area contributed by atoms with E-state index in [2.05, 4.69) is 10.6 Å². The Bertz CT molecular complexity index is 415. The first-order chi connectivity index (χ1) is 8.09. The molecule has 0 spiro atoms. The molecular weight excluding hydrogens is 220 g/mol. The molecule has 5 nitrogen and oxygen atoms in total. The molecule has 0 aliphatic carbocycles. The lowest BCUT2D eigenvalue weighted by Crippen LogP contribution is -2.38. The Morgan fingerprint density at radius 2 is 1.65 bits per heavy atom. The van der Waals surface area contributed by atoms with Crippen molar-refractivity contribution in [3.05, 3.63) is 35.9 Å². The Morgan fingerprint density at radius 3 is 2.24 bits per heavy atom. The van der Waals surface area contributed by atoms with Gasteiger partial charge in [-0.3, -0.25) is 14.4 Å². The Hall–Kier alpha value is -2.17. The molecule has 5 heteroatoms. The van der Waals surface area contributed by atoms with E-state index in [1.807, 2.05) is 6.07 Å². The monoisotopic (exact) mass is 234 g/mol. The summed E-state index contributed by atoms with van der Waals surface area (Å²) in [5.41, 5.74) is 0.548. The standard InChI is InChI=1S/C12H14N2O3/c1-9(15)13-8-12(17)14-7-11(16)10-5-3-2-4-6-10/h2-6H,7-8H2,1H3,(H,13,15)(H,14,17). The highest BCUT2D eigenvalue weighted by Gasteiger charge is 2.07. The molecule has 90 valence electrons. The zero-order valence-corrected chi connectivity index (χ0v) is 9.53. The van der Waals surface area contributed by atoms with Crippen LogP contribution < -0.4 is 10.6 Å². The lowest BCUT2D eigenvalue weighted by Gasteiger charge is -2.04. The fourth-order valence-corrected chi connectivity index (χ4v) is 1.17. The van der Waals surface area contributed by atoms with Crippen LogP contribution in [0.5, 0.6) is 0 Å². The van der Waals surface area contributed by atoms with Gasteiger partial charge in [-0.15, -0.1) is 0 Å². The van der Waals surface area contributed by atoms with E-state index in [0.29, 0.717) is 5.56 Å². The lowest BCUT2D eigenvalue weighted by atomic mass is 10.1. The number of carbonyl (C=O) groups is 3.